The number of hydrogen-bond donors (Lipinski definition) is 1. The van der Waals surface area contributed by atoms with Gasteiger partial charge in [0.15, 0.2) is 0 Å². The number of halogens is 1. The summed E-state index contributed by atoms with van der Waals surface area (Å²) in [6.07, 6.45) is 7.28. The number of likely N-dealkylation sites (tertiary alicyclic amines) is 1. The molecular formula is C23H26ClNO2S. The van der Waals surface area contributed by atoms with Crippen molar-refractivity contribution in [3.63, 3.8) is 0 Å². The summed E-state index contributed by atoms with van der Waals surface area (Å²) in [6, 6.07) is 11.0. The first-order valence-electron chi connectivity index (χ1n) is 9.72. The lowest BCUT2D eigenvalue weighted by atomic mass is 9.87. The number of thiophene rings is 1. The van der Waals surface area contributed by atoms with Crippen LogP contribution in [-0.2, 0) is 17.6 Å². The fraction of sp³-hybridized carbons (Fsp3) is 0.348. The van der Waals surface area contributed by atoms with Crippen LogP contribution in [-0.4, -0.2) is 35.6 Å². The highest BCUT2D eigenvalue weighted by atomic mass is 35.5. The molecule has 28 heavy (non-hydrogen) atoms. The predicted molar refractivity (Wildman–Crippen MR) is 119 cm³/mol. The van der Waals surface area contributed by atoms with Crippen molar-refractivity contribution in [2.45, 2.75) is 32.6 Å². The van der Waals surface area contributed by atoms with Gasteiger partial charge in [-0.1, -0.05) is 36.8 Å². The normalized spacial score (nSPS) is 17.0. The fourth-order valence-corrected chi connectivity index (χ4v) is 5.30. The lowest BCUT2D eigenvalue weighted by Gasteiger charge is -2.29. The number of carbonyl (C=O) groups is 1. The molecule has 0 bridgehead atoms. The van der Waals surface area contributed by atoms with E-state index in [9.17, 15) is 4.79 Å². The van der Waals surface area contributed by atoms with E-state index in [0.29, 0.717) is 0 Å². The monoisotopic (exact) mass is 415 g/mol. The zero-order valence-electron chi connectivity index (χ0n) is 16.1. The minimum absolute atomic E-state index is 0. The third kappa shape index (κ3) is 4.24. The van der Waals surface area contributed by atoms with Gasteiger partial charge >= 0.3 is 5.97 Å². The van der Waals surface area contributed by atoms with Crippen molar-refractivity contribution in [1.82, 2.24) is 4.90 Å². The van der Waals surface area contributed by atoms with Crippen molar-refractivity contribution >= 4 is 41.4 Å². The molecule has 1 fully saturated rings. The first-order chi connectivity index (χ1) is 13.2. The van der Waals surface area contributed by atoms with E-state index in [2.05, 4.69) is 42.2 Å². The molecule has 1 saturated heterocycles. The number of fused-ring (bicyclic) bond motifs is 2. The second-order valence-corrected chi connectivity index (χ2v) is 8.40. The zero-order valence-corrected chi connectivity index (χ0v) is 17.7. The van der Waals surface area contributed by atoms with Crippen LogP contribution in [0.1, 0.15) is 46.2 Å². The number of piperidine rings is 1. The van der Waals surface area contributed by atoms with Gasteiger partial charge < -0.3 is 10.0 Å². The number of rotatable bonds is 3. The number of nitrogens with zero attached hydrogens (tertiary/aromatic N) is 1. The van der Waals surface area contributed by atoms with Crippen LogP contribution in [0.15, 0.2) is 42.0 Å². The molecule has 0 unspecified atom stereocenters. The SMILES string of the molecule is CCN1CCC(=C2c3ccccc3CCc3sc(C=CC(=O)O)cc32)CC1.Cl. The van der Waals surface area contributed by atoms with Crippen molar-refractivity contribution < 1.29 is 9.90 Å². The van der Waals surface area contributed by atoms with Crippen LogP contribution < -0.4 is 0 Å². The van der Waals surface area contributed by atoms with E-state index in [0.717, 1.165) is 50.2 Å². The largest absolute Gasteiger partial charge is 0.478 e. The van der Waals surface area contributed by atoms with Gasteiger partial charge in [0.05, 0.1) is 0 Å². The van der Waals surface area contributed by atoms with Crippen molar-refractivity contribution in [2.75, 3.05) is 19.6 Å². The highest BCUT2D eigenvalue weighted by Gasteiger charge is 2.25. The van der Waals surface area contributed by atoms with Gasteiger partial charge in [0.2, 0.25) is 0 Å². The molecule has 2 heterocycles. The Kier molecular flexibility index (Phi) is 6.76. The smallest absolute Gasteiger partial charge is 0.328 e. The van der Waals surface area contributed by atoms with Crippen molar-refractivity contribution in [3.8, 4) is 0 Å². The van der Waals surface area contributed by atoms with Gasteiger partial charge in [-0.3, -0.25) is 0 Å². The van der Waals surface area contributed by atoms with Gasteiger partial charge in [0.1, 0.15) is 0 Å². The Labute approximate surface area is 176 Å². The summed E-state index contributed by atoms with van der Waals surface area (Å²) in [5.41, 5.74) is 7.11. The van der Waals surface area contributed by atoms with Gasteiger partial charge in [0.25, 0.3) is 0 Å². The van der Waals surface area contributed by atoms with E-state index in [4.69, 9.17) is 5.11 Å². The van der Waals surface area contributed by atoms with Crippen molar-refractivity contribution in [2.24, 2.45) is 0 Å². The van der Waals surface area contributed by atoms with Crippen LogP contribution >= 0.6 is 23.7 Å². The molecule has 1 aliphatic heterocycles. The summed E-state index contributed by atoms with van der Waals surface area (Å²) < 4.78 is 0. The third-order valence-electron chi connectivity index (χ3n) is 5.66. The van der Waals surface area contributed by atoms with Crippen LogP contribution in [0, 0.1) is 0 Å². The molecule has 3 nitrogen and oxygen atoms in total. The first kappa shape index (κ1) is 20.8. The Balaban J connectivity index is 0.00000225. The maximum Gasteiger partial charge on any atom is 0.328 e. The number of aryl methyl sites for hydroxylation is 2. The van der Waals surface area contributed by atoms with Gasteiger partial charge in [-0.05, 0) is 66.6 Å². The van der Waals surface area contributed by atoms with Crippen LogP contribution in [0.2, 0.25) is 0 Å². The predicted octanol–water partition coefficient (Wildman–Crippen LogP) is 5.28. The summed E-state index contributed by atoms with van der Waals surface area (Å²) in [6.45, 7) is 5.61. The summed E-state index contributed by atoms with van der Waals surface area (Å²) in [5, 5.41) is 8.96. The molecule has 0 atom stereocenters. The minimum atomic E-state index is -0.894. The molecule has 1 aromatic carbocycles. The molecule has 0 amide bonds. The van der Waals surface area contributed by atoms with E-state index < -0.39 is 5.97 Å². The Hall–Kier alpha value is -1.88. The van der Waals surface area contributed by atoms with E-state index in [1.165, 1.54) is 33.2 Å². The average molecular weight is 416 g/mol. The molecule has 2 aromatic rings. The summed E-state index contributed by atoms with van der Waals surface area (Å²) in [4.78, 5) is 15.8. The number of carboxylic acids is 1. The van der Waals surface area contributed by atoms with E-state index in [1.807, 2.05) is 0 Å². The molecule has 148 valence electrons. The average Bonchev–Trinajstić information content (AvgIpc) is 3.02. The first-order valence-corrected chi connectivity index (χ1v) is 10.5. The van der Waals surface area contributed by atoms with Gasteiger partial charge in [-0.25, -0.2) is 4.79 Å². The summed E-state index contributed by atoms with van der Waals surface area (Å²) >= 11 is 1.74. The third-order valence-corrected chi connectivity index (χ3v) is 6.82. The second-order valence-electron chi connectivity index (χ2n) is 7.23. The number of benzene rings is 1. The molecule has 1 aromatic heterocycles. The van der Waals surface area contributed by atoms with Gasteiger partial charge in [-0.15, -0.1) is 23.7 Å². The molecule has 1 aliphatic carbocycles. The Morgan fingerprint density at radius 3 is 2.61 bits per heavy atom. The maximum atomic E-state index is 10.9. The fourth-order valence-electron chi connectivity index (χ4n) is 4.23. The molecule has 0 spiro atoms. The molecule has 2 aliphatic rings. The van der Waals surface area contributed by atoms with Crippen LogP contribution in [0.5, 0.6) is 0 Å². The Morgan fingerprint density at radius 2 is 1.89 bits per heavy atom. The lowest BCUT2D eigenvalue weighted by molar-refractivity contribution is -0.131. The Morgan fingerprint density at radius 1 is 1.14 bits per heavy atom. The number of carboxylic acid groups (broad SMARTS) is 1. The molecular weight excluding hydrogens is 390 g/mol. The van der Waals surface area contributed by atoms with Crippen LogP contribution in [0.25, 0.3) is 11.6 Å². The minimum Gasteiger partial charge on any atom is -0.478 e. The van der Waals surface area contributed by atoms with Gasteiger partial charge in [-0.2, -0.15) is 0 Å². The summed E-state index contributed by atoms with van der Waals surface area (Å²) in [7, 11) is 0. The van der Waals surface area contributed by atoms with Crippen molar-refractivity contribution in [1.29, 1.82) is 0 Å². The molecule has 5 heteroatoms. The molecule has 4 rings (SSSR count). The van der Waals surface area contributed by atoms with Crippen LogP contribution in [0.3, 0.4) is 0 Å². The maximum absolute atomic E-state index is 10.9. The van der Waals surface area contributed by atoms with E-state index >= 15 is 0 Å². The summed E-state index contributed by atoms with van der Waals surface area (Å²) in [5.74, 6) is -0.894. The topological polar surface area (TPSA) is 40.5 Å². The van der Waals surface area contributed by atoms with Crippen molar-refractivity contribution in [3.05, 3.63) is 68.4 Å². The second kappa shape index (κ2) is 9.08. The molecule has 0 saturated carbocycles. The standard InChI is InChI=1S/C23H25NO2S.ClH/c1-2-24-13-11-17(12-14-24)23-19-6-4-3-5-16(19)7-9-21-20(23)15-18(27-21)8-10-22(25)26;/h3-6,8,10,15H,2,7,9,11-14H2,1H3,(H,25,26);1H. The van der Waals surface area contributed by atoms with Gasteiger partial charge in [0, 0.05) is 28.9 Å². The van der Waals surface area contributed by atoms with E-state index in [-0.39, 0.29) is 12.4 Å². The number of hydrogen-bond acceptors (Lipinski definition) is 3. The molecule has 1 N–H and O–H groups in total. The Bertz CT molecular complexity index is 918. The lowest BCUT2D eigenvalue weighted by Crippen LogP contribution is -2.30. The highest BCUT2D eigenvalue weighted by molar-refractivity contribution is 7.13. The van der Waals surface area contributed by atoms with Crippen LogP contribution in [0.4, 0.5) is 0 Å². The number of aliphatic carboxylic acids is 1. The highest BCUT2D eigenvalue weighted by Crippen LogP contribution is 2.41. The van der Waals surface area contributed by atoms with E-state index in [1.54, 1.807) is 23.0 Å². The zero-order chi connectivity index (χ0) is 18.8. The quantitative estimate of drug-likeness (QED) is 0.693. The molecule has 0 radical (unpaired) electrons.